The highest BCUT2D eigenvalue weighted by atomic mass is 32.1. The molecule has 1 aromatic carbocycles. The van der Waals surface area contributed by atoms with Crippen molar-refractivity contribution in [3.05, 3.63) is 69.2 Å². The van der Waals surface area contributed by atoms with Gasteiger partial charge in [-0.1, -0.05) is 29.5 Å². The van der Waals surface area contributed by atoms with E-state index in [1.165, 1.54) is 15.9 Å². The number of aromatic nitrogens is 4. The molecular formula is C18H11N5O2S. The van der Waals surface area contributed by atoms with Gasteiger partial charge in [0.2, 0.25) is 4.96 Å². The molecule has 26 heavy (non-hydrogen) atoms. The number of nitrogens with zero attached hydrogens (tertiary/aromatic N) is 5. The topological polar surface area (TPSA) is 80.5 Å². The van der Waals surface area contributed by atoms with Gasteiger partial charge < -0.3 is 4.90 Å². The molecule has 0 radical (unpaired) electrons. The largest absolute Gasteiger partial charge is 0.311 e. The fraction of sp³-hybridized carbons (Fsp3) is 0.0556. The van der Waals surface area contributed by atoms with Crippen molar-refractivity contribution in [2.24, 2.45) is 0 Å². The zero-order valence-corrected chi connectivity index (χ0v) is 14.4. The molecule has 1 aliphatic rings. The molecule has 0 spiro atoms. The number of anilines is 1. The molecule has 5 rings (SSSR count). The molecule has 0 fully saturated rings. The fourth-order valence-corrected chi connectivity index (χ4v) is 4.10. The van der Waals surface area contributed by atoms with Crippen LogP contribution in [0.4, 0.5) is 5.69 Å². The van der Waals surface area contributed by atoms with Gasteiger partial charge in [0.25, 0.3) is 11.5 Å². The Labute approximate surface area is 150 Å². The minimum absolute atomic E-state index is 0.192. The lowest BCUT2D eigenvalue weighted by molar-refractivity contribution is -0.112. The second-order valence-corrected chi connectivity index (χ2v) is 6.84. The second kappa shape index (κ2) is 5.30. The lowest BCUT2D eigenvalue weighted by atomic mass is 10.1. The molecule has 7 nitrogen and oxygen atoms in total. The average molecular weight is 361 g/mol. The first-order valence-corrected chi connectivity index (χ1v) is 8.68. The molecule has 3 aromatic heterocycles. The first-order valence-electron chi connectivity index (χ1n) is 7.87. The number of pyridine rings is 1. The predicted octanol–water partition coefficient (Wildman–Crippen LogP) is 1.11. The van der Waals surface area contributed by atoms with Crippen LogP contribution in [0, 0.1) is 0 Å². The van der Waals surface area contributed by atoms with Gasteiger partial charge >= 0.3 is 0 Å². The molecule has 0 saturated carbocycles. The molecule has 4 aromatic rings. The van der Waals surface area contributed by atoms with E-state index in [9.17, 15) is 9.59 Å². The van der Waals surface area contributed by atoms with Crippen LogP contribution in [0.1, 0.15) is 5.56 Å². The van der Waals surface area contributed by atoms with Crippen LogP contribution in [0.15, 0.2) is 53.6 Å². The Kier molecular flexibility index (Phi) is 3.04. The molecule has 8 heteroatoms. The van der Waals surface area contributed by atoms with E-state index in [-0.39, 0.29) is 11.5 Å². The molecule has 0 bridgehead atoms. The summed E-state index contributed by atoms with van der Waals surface area (Å²) in [6.45, 7) is 0. The van der Waals surface area contributed by atoms with Crippen LogP contribution in [0.5, 0.6) is 0 Å². The maximum atomic E-state index is 12.9. The first-order chi connectivity index (χ1) is 12.6. The van der Waals surface area contributed by atoms with Gasteiger partial charge in [0.1, 0.15) is 4.53 Å². The second-order valence-electron chi connectivity index (χ2n) is 5.86. The number of fused-ring (bicyclic) bond motifs is 2. The summed E-state index contributed by atoms with van der Waals surface area (Å²) in [6.07, 6.45) is 3.29. The van der Waals surface area contributed by atoms with E-state index in [0.29, 0.717) is 20.9 Å². The molecule has 1 amide bonds. The van der Waals surface area contributed by atoms with Gasteiger partial charge in [-0.05, 0) is 18.2 Å². The van der Waals surface area contributed by atoms with Crippen molar-refractivity contribution in [1.82, 2.24) is 19.6 Å². The highest BCUT2D eigenvalue weighted by Gasteiger charge is 2.31. The van der Waals surface area contributed by atoms with Crippen LogP contribution in [-0.4, -0.2) is 32.5 Å². The summed E-state index contributed by atoms with van der Waals surface area (Å²) in [5, 5.41) is 4.31. The van der Waals surface area contributed by atoms with E-state index >= 15 is 0 Å². The summed E-state index contributed by atoms with van der Waals surface area (Å²) in [7, 11) is 1.71. The Morgan fingerprint density at radius 2 is 1.81 bits per heavy atom. The van der Waals surface area contributed by atoms with Gasteiger partial charge in [-0.2, -0.15) is 9.50 Å². The molecule has 0 aliphatic carbocycles. The fourth-order valence-electron chi connectivity index (χ4n) is 3.10. The first kappa shape index (κ1) is 14.9. The zero-order chi connectivity index (χ0) is 17.8. The number of carbonyl (C=O) groups is 1. The Morgan fingerprint density at radius 1 is 1.04 bits per heavy atom. The molecule has 126 valence electrons. The van der Waals surface area contributed by atoms with Gasteiger partial charge in [-0.3, -0.25) is 14.6 Å². The lowest BCUT2D eigenvalue weighted by Crippen LogP contribution is -2.30. The maximum absolute atomic E-state index is 12.9. The van der Waals surface area contributed by atoms with Crippen molar-refractivity contribution >= 4 is 33.5 Å². The summed E-state index contributed by atoms with van der Waals surface area (Å²) in [6, 6.07) is 11.0. The van der Waals surface area contributed by atoms with E-state index in [0.717, 1.165) is 16.8 Å². The summed E-state index contributed by atoms with van der Waals surface area (Å²) in [5.74, 6) is 0.268. The van der Waals surface area contributed by atoms with Crippen molar-refractivity contribution < 1.29 is 4.79 Å². The van der Waals surface area contributed by atoms with Crippen LogP contribution in [0.25, 0.3) is 21.9 Å². The van der Waals surface area contributed by atoms with E-state index in [1.807, 2.05) is 24.3 Å². The number of thiazole rings is 1. The standard InChI is InChI=1S/C18H11N5O2S/c1-22-12-5-3-2-4-11(12)13(16(22)24)14-17(25)23-18(26-14)20-15(21-23)10-6-8-19-9-7-10/h2-9H,1H3/b14-13-. The average Bonchev–Trinajstić information content (AvgIpc) is 3.29. The Morgan fingerprint density at radius 3 is 2.58 bits per heavy atom. The zero-order valence-electron chi connectivity index (χ0n) is 13.6. The number of amides is 1. The molecule has 0 unspecified atom stereocenters. The minimum Gasteiger partial charge on any atom is -0.311 e. The maximum Gasteiger partial charge on any atom is 0.291 e. The van der Waals surface area contributed by atoms with E-state index in [2.05, 4.69) is 15.1 Å². The van der Waals surface area contributed by atoms with Crippen molar-refractivity contribution in [2.45, 2.75) is 0 Å². The molecule has 1 aliphatic heterocycles. The third-order valence-corrected chi connectivity index (χ3v) is 5.41. The monoisotopic (exact) mass is 361 g/mol. The van der Waals surface area contributed by atoms with Crippen LogP contribution < -0.4 is 15.0 Å². The summed E-state index contributed by atoms with van der Waals surface area (Å²) < 4.78 is 1.62. The Balaban J connectivity index is 1.78. The van der Waals surface area contributed by atoms with Gasteiger partial charge in [0.05, 0.1) is 11.3 Å². The number of hydrogen-bond donors (Lipinski definition) is 0. The molecular weight excluding hydrogens is 350 g/mol. The highest BCUT2D eigenvalue weighted by molar-refractivity contribution is 7.15. The number of rotatable bonds is 1. The van der Waals surface area contributed by atoms with Crippen molar-refractivity contribution in [2.75, 3.05) is 11.9 Å². The Hall–Kier alpha value is -3.39. The number of likely N-dealkylation sites (N-methyl/N-ethyl adjacent to an activating group) is 1. The van der Waals surface area contributed by atoms with Crippen molar-refractivity contribution in [3.8, 4) is 11.4 Å². The van der Waals surface area contributed by atoms with Gasteiger partial charge in [-0.25, -0.2) is 0 Å². The summed E-state index contributed by atoms with van der Waals surface area (Å²) in [5.41, 5.74) is 2.42. The molecule has 4 heterocycles. The van der Waals surface area contributed by atoms with Crippen LogP contribution >= 0.6 is 11.3 Å². The van der Waals surface area contributed by atoms with E-state index < -0.39 is 0 Å². The normalized spacial score (nSPS) is 15.7. The molecule has 0 saturated heterocycles. The Bertz CT molecular complexity index is 1290. The summed E-state index contributed by atoms with van der Waals surface area (Å²) >= 11 is 1.18. The van der Waals surface area contributed by atoms with E-state index in [1.54, 1.807) is 36.5 Å². The van der Waals surface area contributed by atoms with Crippen LogP contribution in [-0.2, 0) is 4.79 Å². The number of para-hydroxylation sites is 1. The number of carbonyl (C=O) groups excluding carboxylic acids is 1. The van der Waals surface area contributed by atoms with Gasteiger partial charge in [0, 0.05) is 30.6 Å². The van der Waals surface area contributed by atoms with Gasteiger partial charge in [-0.15, -0.1) is 5.10 Å². The predicted molar refractivity (Wildman–Crippen MR) is 97.9 cm³/mol. The third kappa shape index (κ3) is 1.96. The molecule has 0 atom stereocenters. The number of hydrogen-bond acceptors (Lipinski definition) is 6. The third-order valence-electron chi connectivity index (χ3n) is 4.38. The number of benzene rings is 1. The van der Waals surface area contributed by atoms with Crippen molar-refractivity contribution in [1.29, 1.82) is 0 Å². The summed E-state index contributed by atoms with van der Waals surface area (Å²) in [4.78, 5) is 36.0. The lowest BCUT2D eigenvalue weighted by Gasteiger charge is -2.07. The smallest absolute Gasteiger partial charge is 0.291 e. The van der Waals surface area contributed by atoms with Crippen LogP contribution in [0.3, 0.4) is 0 Å². The highest BCUT2D eigenvalue weighted by Crippen LogP contribution is 2.33. The van der Waals surface area contributed by atoms with Crippen molar-refractivity contribution in [3.63, 3.8) is 0 Å². The quantitative estimate of drug-likeness (QED) is 0.507. The van der Waals surface area contributed by atoms with Crippen LogP contribution in [0.2, 0.25) is 0 Å². The SMILES string of the molecule is CN1C(=O)/C(=c2\sc3nc(-c4ccncc4)nn3c2=O)c2ccccc21. The van der Waals surface area contributed by atoms with E-state index in [4.69, 9.17) is 0 Å². The minimum atomic E-state index is -0.328. The molecule has 0 N–H and O–H groups in total. The van der Waals surface area contributed by atoms with Gasteiger partial charge in [0.15, 0.2) is 5.82 Å².